The Kier molecular flexibility index (Phi) is 2.80. The van der Waals surface area contributed by atoms with E-state index >= 15 is 0 Å². The van der Waals surface area contributed by atoms with Crippen molar-refractivity contribution in [1.82, 2.24) is 4.90 Å². The molecular weight excluding hydrogens is 190 g/mol. The van der Waals surface area contributed by atoms with E-state index < -0.39 is 0 Å². The third-order valence-electron chi connectivity index (χ3n) is 3.16. The predicted octanol–water partition coefficient (Wildman–Crippen LogP) is 2.68. The minimum atomic E-state index is 0.0275. The zero-order valence-corrected chi connectivity index (χ0v) is 9.27. The van der Waals surface area contributed by atoms with Gasteiger partial charge >= 0.3 is 0 Å². The van der Waals surface area contributed by atoms with Gasteiger partial charge in [0.2, 0.25) is 0 Å². The van der Waals surface area contributed by atoms with E-state index in [0.29, 0.717) is 17.8 Å². The predicted molar refractivity (Wildman–Crippen MR) is 57.7 cm³/mol. The molecule has 1 aliphatic rings. The molecule has 0 aliphatic carbocycles. The molecule has 15 heavy (non-hydrogen) atoms. The Balaban J connectivity index is 2.17. The van der Waals surface area contributed by atoms with Gasteiger partial charge in [-0.1, -0.05) is 0 Å². The summed E-state index contributed by atoms with van der Waals surface area (Å²) in [5, 5.41) is 0. The Morgan fingerprint density at radius 2 is 2.07 bits per heavy atom. The van der Waals surface area contributed by atoms with E-state index in [1.807, 2.05) is 4.90 Å². The van der Waals surface area contributed by atoms with Crippen LogP contribution in [0.25, 0.3) is 0 Å². The second-order valence-electron chi connectivity index (χ2n) is 4.32. The first kappa shape index (κ1) is 10.3. The summed E-state index contributed by atoms with van der Waals surface area (Å²) in [4.78, 5) is 14.1. The zero-order valence-electron chi connectivity index (χ0n) is 9.27. The highest BCUT2D eigenvalue weighted by atomic mass is 16.3. The molecule has 3 heteroatoms. The molecule has 1 fully saturated rings. The van der Waals surface area contributed by atoms with Crippen molar-refractivity contribution >= 4 is 5.91 Å². The maximum Gasteiger partial charge on any atom is 0.290 e. The van der Waals surface area contributed by atoms with Crippen molar-refractivity contribution in [3.8, 4) is 0 Å². The van der Waals surface area contributed by atoms with Crippen LogP contribution in [0, 0.1) is 0 Å². The van der Waals surface area contributed by atoms with E-state index in [2.05, 4.69) is 13.8 Å². The van der Waals surface area contributed by atoms with Crippen LogP contribution < -0.4 is 0 Å². The molecule has 2 rings (SSSR count). The number of carbonyl (C=O) groups excluding carboxylic acids is 1. The Bertz CT molecular complexity index is 321. The van der Waals surface area contributed by atoms with Gasteiger partial charge in [-0.3, -0.25) is 4.79 Å². The molecule has 1 aromatic heterocycles. The average molecular weight is 207 g/mol. The van der Waals surface area contributed by atoms with Gasteiger partial charge in [-0.2, -0.15) is 0 Å². The monoisotopic (exact) mass is 207 g/mol. The molecule has 0 aromatic carbocycles. The summed E-state index contributed by atoms with van der Waals surface area (Å²) < 4.78 is 5.15. The van der Waals surface area contributed by atoms with Crippen molar-refractivity contribution in [1.29, 1.82) is 0 Å². The summed E-state index contributed by atoms with van der Waals surface area (Å²) in [5.74, 6) is 0.482. The van der Waals surface area contributed by atoms with Crippen LogP contribution in [0.5, 0.6) is 0 Å². The lowest BCUT2D eigenvalue weighted by molar-refractivity contribution is 0.0478. The van der Waals surface area contributed by atoms with Crippen molar-refractivity contribution < 1.29 is 9.21 Å². The molecule has 1 aromatic rings. The maximum atomic E-state index is 12.1. The first-order valence-corrected chi connectivity index (χ1v) is 5.56. The summed E-state index contributed by atoms with van der Waals surface area (Å²) in [7, 11) is 0. The van der Waals surface area contributed by atoms with E-state index in [1.54, 1.807) is 18.4 Å². The van der Waals surface area contributed by atoms with E-state index in [1.165, 1.54) is 6.42 Å². The fourth-order valence-electron chi connectivity index (χ4n) is 2.35. The number of hydrogen-bond acceptors (Lipinski definition) is 2. The molecule has 0 spiro atoms. The summed E-state index contributed by atoms with van der Waals surface area (Å²) in [6.07, 6.45) is 4.95. The number of nitrogens with zero attached hydrogens (tertiary/aromatic N) is 1. The Morgan fingerprint density at radius 3 is 2.60 bits per heavy atom. The molecule has 0 saturated carbocycles. The lowest BCUT2D eigenvalue weighted by Gasteiger charge is -2.38. The fraction of sp³-hybridized carbons (Fsp3) is 0.583. The molecule has 1 saturated heterocycles. The fourth-order valence-corrected chi connectivity index (χ4v) is 2.35. The Morgan fingerprint density at radius 1 is 1.40 bits per heavy atom. The quantitative estimate of drug-likeness (QED) is 0.709. The van der Waals surface area contributed by atoms with Crippen molar-refractivity contribution in [3.63, 3.8) is 0 Å². The lowest BCUT2D eigenvalue weighted by Crippen LogP contribution is -2.47. The molecular formula is C12H17NO2. The largest absolute Gasteiger partial charge is 0.459 e. The molecule has 82 valence electrons. The van der Waals surface area contributed by atoms with Crippen LogP contribution in [-0.4, -0.2) is 22.9 Å². The van der Waals surface area contributed by atoms with E-state index in [-0.39, 0.29) is 5.91 Å². The number of piperidine rings is 1. The Hall–Kier alpha value is -1.25. The summed E-state index contributed by atoms with van der Waals surface area (Å²) >= 11 is 0. The number of rotatable bonds is 1. The average Bonchev–Trinajstić information content (AvgIpc) is 2.69. The van der Waals surface area contributed by atoms with Crippen molar-refractivity contribution in [3.05, 3.63) is 24.2 Å². The number of amides is 1. The van der Waals surface area contributed by atoms with Gasteiger partial charge in [-0.15, -0.1) is 0 Å². The minimum Gasteiger partial charge on any atom is -0.459 e. The van der Waals surface area contributed by atoms with Gasteiger partial charge in [0.15, 0.2) is 5.76 Å². The SMILES string of the molecule is C[C@H]1CCC[C@H](C)N1C(=O)c1ccco1. The smallest absolute Gasteiger partial charge is 0.290 e. The molecule has 1 aliphatic heterocycles. The lowest BCUT2D eigenvalue weighted by atomic mass is 9.97. The van der Waals surface area contributed by atoms with Crippen LogP contribution in [0.3, 0.4) is 0 Å². The first-order valence-electron chi connectivity index (χ1n) is 5.56. The molecule has 3 nitrogen and oxygen atoms in total. The molecule has 1 amide bonds. The van der Waals surface area contributed by atoms with Crippen LogP contribution in [0.15, 0.2) is 22.8 Å². The number of likely N-dealkylation sites (tertiary alicyclic amines) is 1. The van der Waals surface area contributed by atoms with Gasteiger partial charge in [-0.05, 0) is 45.2 Å². The summed E-state index contributed by atoms with van der Waals surface area (Å²) in [5.41, 5.74) is 0. The minimum absolute atomic E-state index is 0.0275. The van der Waals surface area contributed by atoms with Crippen LogP contribution in [-0.2, 0) is 0 Å². The van der Waals surface area contributed by atoms with Gasteiger partial charge < -0.3 is 9.32 Å². The first-order chi connectivity index (χ1) is 7.20. The van der Waals surface area contributed by atoms with E-state index in [4.69, 9.17) is 4.42 Å². The molecule has 0 unspecified atom stereocenters. The highest BCUT2D eigenvalue weighted by Crippen LogP contribution is 2.24. The Labute approximate surface area is 90.1 Å². The second-order valence-corrected chi connectivity index (χ2v) is 4.32. The number of hydrogen-bond donors (Lipinski definition) is 0. The van der Waals surface area contributed by atoms with Crippen LogP contribution >= 0.6 is 0 Å². The van der Waals surface area contributed by atoms with E-state index in [9.17, 15) is 4.79 Å². The topological polar surface area (TPSA) is 33.5 Å². The van der Waals surface area contributed by atoms with E-state index in [0.717, 1.165) is 12.8 Å². The van der Waals surface area contributed by atoms with Gasteiger partial charge in [0.25, 0.3) is 5.91 Å². The normalized spacial score (nSPS) is 26.7. The standard InChI is InChI=1S/C12H17NO2/c1-9-5-3-6-10(2)13(9)12(14)11-7-4-8-15-11/h4,7-10H,3,5-6H2,1-2H3/t9-,10-/m0/s1. The molecule has 0 bridgehead atoms. The van der Waals surface area contributed by atoms with Crippen LogP contribution in [0.2, 0.25) is 0 Å². The van der Waals surface area contributed by atoms with Gasteiger partial charge in [0.1, 0.15) is 0 Å². The van der Waals surface area contributed by atoms with Gasteiger partial charge in [-0.25, -0.2) is 0 Å². The van der Waals surface area contributed by atoms with Crippen LogP contribution in [0.1, 0.15) is 43.7 Å². The van der Waals surface area contributed by atoms with Crippen LogP contribution in [0.4, 0.5) is 0 Å². The molecule has 0 N–H and O–H groups in total. The van der Waals surface area contributed by atoms with Crippen molar-refractivity contribution in [2.24, 2.45) is 0 Å². The van der Waals surface area contributed by atoms with Crippen molar-refractivity contribution in [2.45, 2.75) is 45.2 Å². The van der Waals surface area contributed by atoms with Gasteiger partial charge in [0, 0.05) is 12.1 Å². The summed E-state index contributed by atoms with van der Waals surface area (Å²) in [6.45, 7) is 4.22. The zero-order chi connectivity index (χ0) is 10.8. The maximum absolute atomic E-state index is 12.1. The van der Waals surface area contributed by atoms with Gasteiger partial charge in [0.05, 0.1) is 6.26 Å². The molecule has 2 atom stereocenters. The third-order valence-corrected chi connectivity index (χ3v) is 3.16. The number of furan rings is 1. The highest BCUT2D eigenvalue weighted by molar-refractivity contribution is 5.91. The second kappa shape index (κ2) is 4.09. The molecule has 0 radical (unpaired) electrons. The number of carbonyl (C=O) groups is 1. The van der Waals surface area contributed by atoms with Crippen molar-refractivity contribution in [2.75, 3.05) is 0 Å². The summed E-state index contributed by atoms with van der Waals surface area (Å²) in [6, 6.07) is 4.14. The molecule has 2 heterocycles. The highest BCUT2D eigenvalue weighted by Gasteiger charge is 2.30. The third kappa shape index (κ3) is 1.91.